The van der Waals surface area contributed by atoms with Gasteiger partial charge in [0.15, 0.2) is 0 Å². The van der Waals surface area contributed by atoms with E-state index < -0.39 is 30.0 Å². The fourth-order valence-electron chi connectivity index (χ4n) is 0.448. The molecule has 2 nitrogen and oxygen atoms in total. The summed E-state index contributed by atoms with van der Waals surface area (Å²) >= 11 is 0. The van der Waals surface area contributed by atoms with Crippen molar-refractivity contribution in [3.63, 3.8) is 0 Å². The van der Waals surface area contributed by atoms with Gasteiger partial charge in [0.1, 0.15) is 0 Å². The molecule has 0 aliphatic carbocycles. The van der Waals surface area contributed by atoms with E-state index in [1.807, 2.05) is 0 Å². The van der Waals surface area contributed by atoms with Gasteiger partial charge in [0.2, 0.25) is 0 Å². The summed E-state index contributed by atoms with van der Waals surface area (Å²) < 4.78 is 74.8. The molecule has 0 aliphatic heterocycles. The van der Waals surface area contributed by atoms with Gasteiger partial charge in [0, 0.05) is 5.57 Å². The molecule has 0 aliphatic rings. The lowest BCUT2D eigenvalue weighted by molar-refractivity contribution is -0.354. The SMILES string of the molecule is C=C(C)C(=O)OC(F)(C(F)F)C(F)(F)F. The number of carbonyl (C=O) groups is 1. The molecule has 0 heterocycles. The lowest BCUT2D eigenvalue weighted by atomic mass is 10.3. The maximum atomic E-state index is 12.7. The van der Waals surface area contributed by atoms with Gasteiger partial charge in [-0.05, 0) is 6.92 Å². The molecule has 0 rings (SSSR count). The molecule has 0 bridgehead atoms. The molecule has 1 unspecified atom stereocenters. The number of ether oxygens (including phenoxy) is 1. The van der Waals surface area contributed by atoms with Crippen molar-refractivity contribution < 1.29 is 35.9 Å². The van der Waals surface area contributed by atoms with Crippen LogP contribution in [0.1, 0.15) is 6.92 Å². The molecule has 0 aromatic rings. The normalized spacial score (nSPS) is 16.0. The average Bonchev–Trinajstić information content (AvgIpc) is 2.01. The van der Waals surface area contributed by atoms with Crippen molar-refractivity contribution in [3.8, 4) is 0 Å². The van der Waals surface area contributed by atoms with Gasteiger partial charge in [-0.1, -0.05) is 6.58 Å². The van der Waals surface area contributed by atoms with Crippen LogP contribution in [0.25, 0.3) is 0 Å². The van der Waals surface area contributed by atoms with Crippen LogP contribution < -0.4 is 0 Å². The second kappa shape index (κ2) is 4.11. The van der Waals surface area contributed by atoms with Crippen LogP contribution in [0.4, 0.5) is 26.3 Å². The molecule has 0 spiro atoms. The molecule has 0 saturated carbocycles. The fourth-order valence-corrected chi connectivity index (χ4v) is 0.448. The lowest BCUT2D eigenvalue weighted by Gasteiger charge is -2.26. The first kappa shape index (κ1) is 13.8. The Balaban J connectivity index is 5.00. The zero-order chi connectivity index (χ0) is 12.4. The van der Waals surface area contributed by atoms with Gasteiger partial charge in [-0.3, -0.25) is 0 Å². The Morgan fingerprint density at radius 1 is 1.27 bits per heavy atom. The van der Waals surface area contributed by atoms with Crippen molar-refractivity contribution in [3.05, 3.63) is 12.2 Å². The Bertz CT molecular complexity index is 271. The summed E-state index contributed by atoms with van der Waals surface area (Å²) in [7, 11) is 0. The maximum Gasteiger partial charge on any atom is 0.466 e. The van der Waals surface area contributed by atoms with Crippen molar-refractivity contribution in [1.29, 1.82) is 0 Å². The van der Waals surface area contributed by atoms with Crippen LogP contribution in [-0.2, 0) is 9.53 Å². The predicted molar refractivity (Wildman–Crippen MR) is 36.8 cm³/mol. The van der Waals surface area contributed by atoms with Gasteiger partial charge in [-0.2, -0.15) is 17.6 Å². The molecule has 15 heavy (non-hydrogen) atoms. The van der Waals surface area contributed by atoms with Crippen LogP contribution >= 0.6 is 0 Å². The molecule has 0 N–H and O–H groups in total. The van der Waals surface area contributed by atoms with E-state index in [1.54, 1.807) is 0 Å². The first-order chi connectivity index (χ1) is 6.52. The minimum atomic E-state index is -6.01. The van der Waals surface area contributed by atoms with Crippen LogP contribution in [0, 0.1) is 0 Å². The van der Waals surface area contributed by atoms with E-state index in [0.717, 1.165) is 6.92 Å². The Morgan fingerprint density at radius 3 is 1.87 bits per heavy atom. The lowest BCUT2D eigenvalue weighted by Crippen LogP contribution is -2.51. The monoisotopic (exact) mass is 236 g/mol. The van der Waals surface area contributed by atoms with Crippen LogP contribution in [0.3, 0.4) is 0 Å². The standard InChI is InChI=1S/C7H6F6O2/c1-3(2)4(14)15-6(10,5(8)9)7(11,12)13/h5H,1H2,2H3. The third kappa shape index (κ3) is 2.87. The summed E-state index contributed by atoms with van der Waals surface area (Å²) in [6, 6.07) is 0. The van der Waals surface area contributed by atoms with E-state index in [4.69, 9.17) is 0 Å². The molecule has 88 valence electrons. The van der Waals surface area contributed by atoms with Crippen LogP contribution in [0.15, 0.2) is 12.2 Å². The van der Waals surface area contributed by atoms with Gasteiger partial charge in [-0.25, -0.2) is 13.6 Å². The summed E-state index contributed by atoms with van der Waals surface area (Å²) in [6.45, 7) is 3.72. The predicted octanol–water partition coefficient (Wildman–Crippen LogP) is 2.60. The van der Waals surface area contributed by atoms with Gasteiger partial charge < -0.3 is 4.74 Å². The molecule has 0 radical (unpaired) electrons. The van der Waals surface area contributed by atoms with Crippen molar-refractivity contribution >= 4 is 5.97 Å². The topological polar surface area (TPSA) is 26.3 Å². The smallest absolute Gasteiger partial charge is 0.412 e. The highest BCUT2D eigenvalue weighted by Crippen LogP contribution is 2.40. The Morgan fingerprint density at radius 2 is 1.67 bits per heavy atom. The molecular weight excluding hydrogens is 230 g/mol. The zero-order valence-electron chi connectivity index (χ0n) is 7.37. The number of rotatable bonds is 3. The Kier molecular flexibility index (Phi) is 3.78. The summed E-state index contributed by atoms with van der Waals surface area (Å²) in [6.07, 6.45) is -10.5. The zero-order valence-corrected chi connectivity index (χ0v) is 7.37. The highest BCUT2D eigenvalue weighted by atomic mass is 19.4. The van der Waals surface area contributed by atoms with E-state index in [-0.39, 0.29) is 0 Å². The maximum absolute atomic E-state index is 12.7. The van der Waals surface area contributed by atoms with Crippen molar-refractivity contribution in [1.82, 2.24) is 0 Å². The van der Waals surface area contributed by atoms with Crippen LogP contribution in [0.5, 0.6) is 0 Å². The summed E-state index contributed by atoms with van der Waals surface area (Å²) in [5, 5.41) is 0. The van der Waals surface area contributed by atoms with Crippen LogP contribution in [0.2, 0.25) is 0 Å². The molecule has 0 amide bonds. The molecule has 0 saturated heterocycles. The number of alkyl halides is 6. The molecule has 0 fully saturated rings. The van der Waals surface area contributed by atoms with E-state index >= 15 is 0 Å². The number of esters is 1. The number of hydrogen-bond acceptors (Lipinski definition) is 2. The van der Waals surface area contributed by atoms with E-state index in [0.29, 0.717) is 0 Å². The Hall–Kier alpha value is -1.21. The minimum absolute atomic E-state index is 0.623. The first-order valence-corrected chi connectivity index (χ1v) is 3.45. The van der Waals surface area contributed by atoms with Gasteiger partial charge >= 0.3 is 24.4 Å². The largest absolute Gasteiger partial charge is 0.466 e. The second-order valence-corrected chi connectivity index (χ2v) is 2.61. The fraction of sp³-hybridized carbons (Fsp3) is 0.571. The first-order valence-electron chi connectivity index (χ1n) is 3.45. The highest BCUT2D eigenvalue weighted by Gasteiger charge is 2.66. The van der Waals surface area contributed by atoms with Crippen molar-refractivity contribution in [2.75, 3.05) is 0 Å². The third-order valence-corrected chi connectivity index (χ3v) is 1.26. The number of halogens is 6. The minimum Gasteiger partial charge on any atom is -0.412 e. The van der Waals surface area contributed by atoms with E-state index in [1.165, 1.54) is 0 Å². The molecule has 0 aromatic heterocycles. The second-order valence-electron chi connectivity index (χ2n) is 2.61. The van der Waals surface area contributed by atoms with E-state index in [9.17, 15) is 31.1 Å². The average molecular weight is 236 g/mol. The van der Waals surface area contributed by atoms with Crippen molar-refractivity contribution in [2.24, 2.45) is 0 Å². The molecule has 0 aromatic carbocycles. The summed E-state index contributed by atoms with van der Waals surface area (Å²) in [5.74, 6) is -7.18. The third-order valence-electron chi connectivity index (χ3n) is 1.26. The molecule has 1 atom stereocenters. The highest BCUT2D eigenvalue weighted by molar-refractivity contribution is 5.87. The quantitative estimate of drug-likeness (QED) is 0.427. The van der Waals surface area contributed by atoms with Crippen LogP contribution in [-0.4, -0.2) is 24.4 Å². The van der Waals surface area contributed by atoms with E-state index in [2.05, 4.69) is 11.3 Å². The number of hydrogen-bond donors (Lipinski definition) is 0. The number of carbonyl (C=O) groups excluding carboxylic acids is 1. The van der Waals surface area contributed by atoms with Gasteiger partial charge in [0.25, 0.3) is 0 Å². The van der Waals surface area contributed by atoms with Gasteiger partial charge in [-0.15, -0.1) is 0 Å². The molecular formula is C7H6F6O2. The summed E-state index contributed by atoms with van der Waals surface area (Å²) in [5.41, 5.74) is -0.623. The summed E-state index contributed by atoms with van der Waals surface area (Å²) in [4.78, 5) is 10.5. The molecule has 8 heteroatoms. The van der Waals surface area contributed by atoms with Crippen molar-refractivity contribution in [2.45, 2.75) is 25.4 Å². The Labute approximate surface area is 80.5 Å². The van der Waals surface area contributed by atoms with Gasteiger partial charge in [0.05, 0.1) is 0 Å².